The van der Waals surface area contributed by atoms with Crippen LogP contribution in [0.15, 0.2) is 0 Å². The summed E-state index contributed by atoms with van der Waals surface area (Å²) in [6, 6.07) is 2.42. The Kier molecular flexibility index (Phi) is 2.27. The molecule has 0 amide bonds. The molecule has 3 nitrogen and oxygen atoms in total. The van der Waals surface area contributed by atoms with E-state index in [0.717, 1.165) is 12.3 Å². The van der Waals surface area contributed by atoms with Gasteiger partial charge >= 0.3 is 0 Å². The first-order chi connectivity index (χ1) is 6.30. The lowest BCUT2D eigenvalue weighted by atomic mass is 9.82. The third kappa shape index (κ3) is 1.34. The number of nitrogens with zero attached hydrogens (tertiary/aromatic N) is 1. The Morgan fingerprint density at radius 1 is 1.54 bits per heavy atom. The predicted octanol–water partition coefficient (Wildman–Crippen LogP) is 0.651. The summed E-state index contributed by atoms with van der Waals surface area (Å²) in [5, 5.41) is 21.1. The van der Waals surface area contributed by atoms with Crippen LogP contribution in [0.5, 0.6) is 0 Å². The average Bonchev–Trinajstić information content (AvgIpc) is 2.74. The molecule has 2 aliphatic rings. The number of β-amino-alcohol motifs (C(OH)–C–C–N with tert-alkyl or cyclic N) is 1. The third-order valence-corrected chi connectivity index (χ3v) is 3.60. The van der Waals surface area contributed by atoms with Crippen molar-refractivity contribution in [2.75, 3.05) is 13.2 Å². The third-order valence-electron chi connectivity index (χ3n) is 3.60. The molecule has 2 aliphatic carbocycles. The molecule has 0 aromatic heterocycles. The molecule has 3 heteroatoms. The van der Waals surface area contributed by atoms with Gasteiger partial charge in [-0.3, -0.25) is 5.32 Å². The van der Waals surface area contributed by atoms with Crippen LogP contribution in [0, 0.1) is 23.2 Å². The molecule has 2 rings (SSSR count). The fraction of sp³-hybridized carbons (Fsp3) is 0.900. The molecule has 0 spiro atoms. The lowest BCUT2D eigenvalue weighted by Gasteiger charge is -2.31. The maximum Gasteiger partial charge on any atom is 0.109 e. The summed E-state index contributed by atoms with van der Waals surface area (Å²) >= 11 is 0. The molecular weight excluding hydrogens is 164 g/mol. The molecule has 72 valence electrons. The van der Waals surface area contributed by atoms with Crippen molar-refractivity contribution in [2.45, 2.75) is 31.2 Å². The van der Waals surface area contributed by atoms with Gasteiger partial charge in [0, 0.05) is 6.54 Å². The van der Waals surface area contributed by atoms with Crippen molar-refractivity contribution in [3.63, 3.8) is 0 Å². The molecule has 0 saturated heterocycles. The molecule has 3 atom stereocenters. The van der Waals surface area contributed by atoms with Crippen molar-refractivity contribution in [3.8, 4) is 6.07 Å². The van der Waals surface area contributed by atoms with E-state index in [0.29, 0.717) is 12.5 Å². The van der Waals surface area contributed by atoms with Gasteiger partial charge in [-0.05, 0) is 37.5 Å². The van der Waals surface area contributed by atoms with E-state index in [9.17, 15) is 5.26 Å². The molecule has 0 aromatic rings. The molecule has 2 fully saturated rings. The van der Waals surface area contributed by atoms with E-state index in [-0.39, 0.29) is 12.1 Å². The average molecular weight is 180 g/mol. The summed E-state index contributed by atoms with van der Waals surface area (Å²) in [5.74, 6) is 1.30. The molecule has 13 heavy (non-hydrogen) atoms. The van der Waals surface area contributed by atoms with Gasteiger partial charge in [-0.25, -0.2) is 0 Å². The standard InChI is InChI=1S/C10H16N2O/c11-7-10(12-3-4-13)6-8-1-2-9(10)5-8/h8-9,12-13H,1-6H2. The highest BCUT2D eigenvalue weighted by Gasteiger charge is 2.50. The van der Waals surface area contributed by atoms with E-state index >= 15 is 0 Å². The van der Waals surface area contributed by atoms with Gasteiger partial charge in [0.05, 0.1) is 12.7 Å². The van der Waals surface area contributed by atoms with E-state index in [2.05, 4.69) is 11.4 Å². The highest BCUT2D eigenvalue weighted by molar-refractivity contribution is 5.18. The zero-order valence-electron chi connectivity index (χ0n) is 7.79. The number of fused-ring (bicyclic) bond motifs is 2. The van der Waals surface area contributed by atoms with Crippen molar-refractivity contribution in [3.05, 3.63) is 0 Å². The van der Waals surface area contributed by atoms with Gasteiger partial charge in [0.15, 0.2) is 0 Å². The maximum atomic E-state index is 9.17. The summed E-state index contributed by atoms with van der Waals surface area (Å²) in [6.45, 7) is 0.678. The van der Waals surface area contributed by atoms with E-state index < -0.39 is 0 Å². The molecule has 2 N–H and O–H groups in total. The van der Waals surface area contributed by atoms with Crippen molar-refractivity contribution in [1.82, 2.24) is 5.32 Å². The van der Waals surface area contributed by atoms with E-state index in [4.69, 9.17) is 5.11 Å². The van der Waals surface area contributed by atoms with Gasteiger partial charge in [-0.1, -0.05) is 0 Å². The van der Waals surface area contributed by atoms with Crippen LogP contribution >= 0.6 is 0 Å². The van der Waals surface area contributed by atoms with Crippen LogP contribution in [-0.2, 0) is 0 Å². The first kappa shape index (κ1) is 8.98. The van der Waals surface area contributed by atoms with Crippen molar-refractivity contribution in [2.24, 2.45) is 11.8 Å². The number of nitrogens with one attached hydrogen (secondary N) is 1. The second-order valence-corrected chi connectivity index (χ2v) is 4.31. The smallest absolute Gasteiger partial charge is 0.109 e. The topological polar surface area (TPSA) is 56.0 Å². The van der Waals surface area contributed by atoms with Gasteiger partial charge in [0.2, 0.25) is 0 Å². The fourth-order valence-corrected chi connectivity index (χ4v) is 3.00. The summed E-state index contributed by atoms with van der Waals surface area (Å²) in [6.07, 6.45) is 4.70. The summed E-state index contributed by atoms with van der Waals surface area (Å²) in [5.41, 5.74) is -0.300. The Balaban J connectivity index is 2.05. The fourth-order valence-electron chi connectivity index (χ4n) is 3.00. The van der Waals surface area contributed by atoms with E-state index in [1.54, 1.807) is 0 Å². The van der Waals surface area contributed by atoms with Crippen LogP contribution in [0.3, 0.4) is 0 Å². The van der Waals surface area contributed by atoms with Crippen molar-refractivity contribution >= 4 is 0 Å². The molecule has 0 radical (unpaired) electrons. The number of aliphatic hydroxyl groups is 1. The minimum absolute atomic E-state index is 0.126. The normalized spacial score (nSPS) is 42.2. The Bertz CT molecular complexity index is 236. The molecule has 0 heterocycles. The van der Waals surface area contributed by atoms with Gasteiger partial charge in [0.25, 0.3) is 0 Å². The van der Waals surface area contributed by atoms with Crippen LogP contribution in [0.2, 0.25) is 0 Å². The van der Waals surface area contributed by atoms with Crippen LogP contribution in [-0.4, -0.2) is 23.8 Å². The summed E-state index contributed by atoms with van der Waals surface area (Å²) in [7, 11) is 0. The van der Waals surface area contributed by atoms with Crippen molar-refractivity contribution < 1.29 is 5.11 Å². The zero-order valence-corrected chi connectivity index (χ0v) is 7.79. The van der Waals surface area contributed by atoms with E-state index in [1.807, 2.05) is 0 Å². The molecule has 0 aliphatic heterocycles. The Labute approximate surface area is 78.7 Å². The van der Waals surface area contributed by atoms with Gasteiger partial charge in [0.1, 0.15) is 5.54 Å². The van der Waals surface area contributed by atoms with Crippen LogP contribution in [0.1, 0.15) is 25.7 Å². The molecule has 2 saturated carbocycles. The molecule has 3 unspecified atom stereocenters. The van der Waals surface area contributed by atoms with Gasteiger partial charge in [-0.2, -0.15) is 5.26 Å². The lowest BCUT2D eigenvalue weighted by Crippen LogP contribution is -2.49. The lowest BCUT2D eigenvalue weighted by molar-refractivity contribution is 0.232. The first-order valence-electron chi connectivity index (χ1n) is 5.08. The second kappa shape index (κ2) is 3.28. The summed E-state index contributed by atoms with van der Waals surface area (Å²) < 4.78 is 0. The first-order valence-corrected chi connectivity index (χ1v) is 5.08. The Hall–Kier alpha value is -0.590. The second-order valence-electron chi connectivity index (χ2n) is 4.31. The van der Waals surface area contributed by atoms with Crippen molar-refractivity contribution in [1.29, 1.82) is 5.26 Å². The van der Waals surface area contributed by atoms with Crippen LogP contribution in [0.4, 0.5) is 0 Å². The van der Waals surface area contributed by atoms with Crippen LogP contribution in [0.25, 0.3) is 0 Å². The molecule has 2 bridgehead atoms. The minimum Gasteiger partial charge on any atom is -0.395 e. The van der Waals surface area contributed by atoms with Gasteiger partial charge in [-0.15, -0.1) is 0 Å². The largest absolute Gasteiger partial charge is 0.395 e. The number of aliphatic hydroxyl groups excluding tert-OH is 1. The Morgan fingerprint density at radius 2 is 2.38 bits per heavy atom. The Morgan fingerprint density at radius 3 is 2.85 bits per heavy atom. The number of hydrogen-bond acceptors (Lipinski definition) is 3. The SMILES string of the molecule is N#CC1(NCCO)CC2CCC1C2. The molecular formula is C10H16N2O. The molecule has 0 aromatic carbocycles. The predicted molar refractivity (Wildman–Crippen MR) is 48.9 cm³/mol. The van der Waals surface area contributed by atoms with Crippen LogP contribution < -0.4 is 5.32 Å². The van der Waals surface area contributed by atoms with Gasteiger partial charge < -0.3 is 5.11 Å². The number of rotatable bonds is 3. The maximum absolute atomic E-state index is 9.17. The highest BCUT2D eigenvalue weighted by atomic mass is 16.3. The summed E-state index contributed by atoms with van der Waals surface area (Å²) in [4.78, 5) is 0. The minimum atomic E-state index is -0.300. The quantitative estimate of drug-likeness (QED) is 0.670. The number of nitriles is 1. The monoisotopic (exact) mass is 180 g/mol. The zero-order chi connectivity index (χ0) is 9.31. The number of hydrogen-bond donors (Lipinski definition) is 2. The van der Waals surface area contributed by atoms with E-state index in [1.165, 1.54) is 19.3 Å². The highest BCUT2D eigenvalue weighted by Crippen LogP contribution is 2.50.